The lowest BCUT2D eigenvalue weighted by molar-refractivity contribution is -0.115. The molecule has 0 atom stereocenters. The molecule has 4 aromatic rings. The van der Waals surface area contributed by atoms with Crippen LogP contribution in [0.2, 0.25) is 0 Å². The zero-order chi connectivity index (χ0) is 21.1. The lowest BCUT2D eigenvalue weighted by Crippen LogP contribution is -2.28. The van der Waals surface area contributed by atoms with Crippen molar-refractivity contribution in [3.63, 3.8) is 0 Å². The SMILES string of the molecule is Cc1ccc(Cn2c(SCC(=O)N(C)c3ccc(F)cc3)nc3ccccc32)cc1. The van der Waals surface area contributed by atoms with Gasteiger partial charge in [0.25, 0.3) is 0 Å². The van der Waals surface area contributed by atoms with Crippen LogP contribution in [-0.2, 0) is 11.3 Å². The van der Waals surface area contributed by atoms with Gasteiger partial charge in [0, 0.05) is 12.7 Å². The van der Waals surface area contributed by atoms with Crippen molar-refractivity contribution in [2.45, 2.75) is 18.6 Å². The fourth-order valence-electron chi connectivity index (χ4n) is 3.22. The Morgan fingerprint density at radius 1 is 1.03 bits per heavy atom. The van der Waals surface area contributed by atoms with Crippen molar-refractivity contribution in [1.29, 1.82) is 0 Å². The number of hydrogen-bond acceptors (Lipinski definition) is 3. The largest absolute Gasteiger partial charge is 0.315 e. The van der Waals surface area contributed by atoms with E-state index < -0.39 is 0 Å². The zero-order valence-corrected chi connectivity index (χ0v) is 17.7. The van der Waals surface area contributed by atoms with Crippen LogP contribution in [0, 0.1) is 12.7 Å². The minimum absolute atomic E-state index is 0.0689. The monoisotopic (exact) mass is 419 g/mol. The molecule has 0 N–H and O–H groups in total. The summed E-state index contributed by atoms with van der Waals surface area (Å²) < 4.78 is 15.3. The molecule has 0 saturated heterocycles. The second-order valence-electron chi connectivity index (χ2n) is 7.17. The van der Waals surface area contributed by atoms with E-state index in [9.17, 15) is 9.18 Å². The molecule has 4 nitrogen and oxygen atoms in total. The van der Waals surface area contributed by atoms with Crippen LogP contribution in [-0.4, -0.2) is 28.3 Å². The summed E-state index contributed by atoms with van der Waals surface area (Å²) in [5, 5.41) is 0.803. The Bertz CT molecular complexity index is 1170. The predicted molar refractivity (Wildman–Crippen MR) is 121 cm³/mol. The van der Waals surface area contributed by atoms with Crippen LogP contribution in [0.15, 0.2) is 78.0 Å². The molecule has 1 heterocycles. The molecule has 30 heavy (non-hydrogen) atoms. The normalized spacial score (nSPS) is 11.0. The van der Waals surface area contributed by atoms with Gasteiger partial charge in [0.2, 0.25) is 5.91 Å². The van der Waals surface area contributed by atoms with E-state index in [2.05, 4.69) is 35.8 Å². The summed E-state index contributed by atoms with van der Waals surface area (Å²) >= 11 is 1.42. The number of para-hydroxylation sites is 2. The number of carbonyl (C=O) groups is 1. The summed E-state index contributed by atoms with van der Waals surface area (Å²) in [4.78, 5) is 19.0. The summed E-state index contributed by atoms with van der Waals surface area (Å²) in [7, 11) is 1.70. The molecular weight excluding hydrogens is 397 g/mol. The average Bonchev–Trinajstić information content (AvgIpc) is 3.11. The van der Waals surface area contributed by atoms with Gasteiger partial charge in [-0.15, -0.1) is 0 Å². The summed E-state index contributed by atoms with van der Waals surface area (Å²) in [6.07, 6.45) is 0. The first-order valence-electron chi connectivity index (χ1n) is 9.67. The number of fused-ring (bicyclic) bond motifs is 1. The summed E-state index contributed by atoms with van der Waals surface area (Å²) in [6.45, 7) is 2.76. The van der Waals surface area contributed by atoms with Crippen LogP contribution < -0.4 is 4.90 Å². The van der Waals surface area contributed by atoms with E-state index in [1.807, 2.05) is 24.3 Å². The number of thioether (sulfide) groups is 1. The molecule has 1 aromatic heterocycles. The highest BCUT2D eigenvalue weighted by Gasteiger charge is 2.16. The average molecular weight is 420 g/mol. The molecule has 0 radical (unpaired) electrons. The molecule has 3 aromatic carbocycles. The second kappa shape index (κ2) is 8.71. The van der Waals surface area contributed by atoms with Crippen molar-refractivity contribution >= 4 is 34.4 Å². The molecule has 0 fully saturated rings. The Morgan fingerprint density at radius 3 is 2.47 bits per heavy atom. The number of nitrogens with zero attached hydrogens (tertiary/aromatic N) is 3. The van der Waals surface area contributed by atoms with Crippen molar-refractivity contribution in [2.75, 3.05) is 17.7 Å². The number of halogens is 1. The van der Waals surface area contributed by atoms with Crippen molar-refractivity contribution in [1.82, 2.24) is 9.55 Å². The molecule has 0 aliphatic carbocycles. The van der Waals surface area contributed by atoms with Gasteiger partial charge in [0.15, 0.2) is 5.16 Å². The van der Waals surface area contributed by atoms with Gasteiger partial charge < -0.3 is 9.47 Å². The van der Waals surface area contributed by atoms with E-state index in [1.165, 1.54) is 35.0 Å². The van der Waals surface area contributed by atoms with Gasteiger partial charge in [-0.3, -0.25) is 4.79 Å². The fraction of sp³-hybridized carbons (Fsp3) is 0.167. The smallest absolute Gasteiger partial charge is 0.237 e. The highest BCUT2D eigenvalue weighted by atomic mass is 32.2. The molecule has 0 saturated carbocycles. The maximum absolute atomic E-state index is 13.1. The quantitative estimate of drug-likeness (QED) is 0.399. The van der Waals surface area contributed by atoms with E-state index in [4.69, 9.17) is 4.98 Å². The lowest BCUT2D eigenvalue weighted by Gasteiger charge is -2.17. The van der Waals surface area contributed by atoms with Crippen LogP contribution in [0.3, 0.4) is 0 Å². The molecule has 4 rings (SSSR count). The van der Waals surface area contributed by atoms with Gasteiger partial charge in [-0.2, -0.15) is 0 Å². The predicted octanol–water partition coefficient (Wildman–Crippen LogP) is 5.29. The Labute approximate surface area is 179 Å². The number of carbonyl (C=O) groups excluding carboxylic acids is 1. The van der Waals surface area contributed by atoms with Crippen molar-refractivity contribution < 1.29 is 9.18 Å². The van der Waals surface area contributed by atoms with Crippen molar-refractivity contribution in [2.24, 2.45) is 0 Å². The van der Waals surface area contributed by atoms with Gasteiger partial charge in [0.05, 0.1) is 23.3 Å². The Hall–Kier alpha value is -3.12. The van der Waals surface area contributed by atoms with E-state index in [0.717, 1.165) is 16.2 Å². The van der Waals surface area contributed by atoms with E-state index in [0.29, 0.717) is 12.2 Å². The topological polar surface area (TPSA) is 38.1 Å². The molecule has 6 heteroatoms. The third kappa shape index (κ3) is 4.39. The number of imidazole rings is 1. The lowest BCUT2D eigenvalue weighted by atomic mass is 10.1. The van der Waals surface area contributed by atoms with Gasteiger partial charge in [0.1, 0.15) is 5.82 Å². The highest BCUT2D eigenvalue weighted by Crippen LogP contribution is 2.26. The molecule has 1 amide bonds. The van der Waals surface area contributed by atoms with E-state index in [1.54, 1.807) is 24.1 Å². The Kier molecular flexibility index (Phi) is 5.86. The minimum Gasteiger partial charge on any atom is -0.315 e. The molecule has 0 unspecified atom stereocenters. The Morgan fingerprint density at radius 2 is 1.73 bits per heavy atom. The summed E-state index contributed by atoms with van der Waals surface area (Å²) in [6, 6.07) is 22.3. The van der Waals surface area contributed by atoms with E-state index in [-0.39, 0.29) is 17.5 Å². The molecule has 0 spiro atoms. The van der Waals surface area contributed by atoms with Gasteiger partial charge in [-0.05, 0) is 48.9 Å². The van der Waals surface area contributed by atoms with Crippen LogP contribution in [0.5, 0.6) is 0 Å². The first kappa shape index (κ1) is 20.2. The molecular formula is C24H22FN3OS. The molecule has 0 aliphatic heterocycles. The zero-order valence-electron chi connectivity index (χ0n) is 16.9. The third-order valence-electron chi connectivity index (χ3n) is 4.99. The maximum atomic E-state index is 13.1. The first-order valence-corrected chi connectivity index (χ1v) is 10.7. The molecule has 152 valence electrons. The standard InChI is InChI=1S/C24H22FN3OS/c1-17-7-9-18(10-8-17)15-28-22-6-4-3-5-21(22)26-24(28)30-16-23(29)27(2)20-13-11-19(25)12-14-20/h3-14H,15-16H2,1-2H3. The first-order chi connectivity index (χ1) is 14.5. The number of aryl methyl sites for hydroxylation is 1. The number of anilines is 1. The fourth-order valence-corrected chi connectivity index (χ4v) is 4.15. The number of aromatic nitrogens is 2. The Balaban J connectivity index is 1.55. The summed E-state index contributed by atoms with van der Waals surface area (Å²) in [5.41, 5.74) is 5.01. The third-order valence-corrected chi connectivity index (χ3v) is 5.95. The van der Waals surface area contributed by atoms with Gasteiger partial charge in [-0.25, -0.2) is 9.37 Å². The highest BCUT2D eigenvalue weighted by molar-refractivity contribution is 7.99. The molecule has 0 aliphatic rings. The van der Waals surface area contributed by atoms with Crippen LogP contribution >= 0.6 is 11.8 Å². The number of rotatable bonds is 6. The number of benzene rings is 3. The molecule has 0 bridgehead atoms. The van der Waals surface area contributed by atoms with Crippen molar-refractivity contribution in [3.8, 4) is 0 Å². The van der Waals surface area contributed by atoms with E-state index >= 15 is 0 Å². The van der Waals surface area contributed by atoms with Gasteiger partial charge >= 0.3 is 0 Å². The van der Waals surface area contributed by atoms with Crippen LogP contribution in [0.4, 0.5) is 10.1 Å². The van der Waals surface area contributed by atoms with Gasteiger partial charge in [-0.1, -0.05) is 53.7 Å². The van der Waals surface area contributed by atoms with Crippen LogP contribution in [0.1, 0.15) is 11.1 Å². The second-order valence-corrected chi connectivity index (χ2v) is 8.12. The van der Waals surface area contributed by atoms with Crippen molar-refractivity contribution in [3.05, 3.63) is 89.7 Å². The summed E-state index contributed by atoms with van der Waals surface area (Å²) in [5.74, 6) is -0.148. The maximum Gasteiger partial charge on any atom is 0.237 e. The van der Waals surface area contributed by atoms with Crippen LogP contribution in [0.25, 0.3) is 11.0 Å². The number of hydrogen-bond donors (Lipinski definition) is 0. The number of amides is 1. The minimum atomic E-state index is -0.321.